The molecule has 0 bridgehead atoms. The Hall–Kier alpha value is -1.66. The molecular weight excluding hydrogens is 346 g/mol. The van der Waals surface area contributed by atoms with Crippen molar-refractivity contribution in [1.29, 1.82) is 0 Å². The molecule has 2 heterocycles. The zero-order valence-electron chi connectivity index (χ0n) is 15.6. The van der Waals surface area contributed by atoms with Crippen LogP contribution in [0.1, 0.15) is 38.2 Å². The first kappa shape index (κ1) is 19.1. The highest BCUT2D eigenvalue weighted by atomic mass is 32.1. The van der Waals surface area contributed by atoms with Crippen molar-refractivity contribution in [3.05, 3.63) is 29.8 Å². The molecule has 1 N–H and O–H groups in total. The Balaban J connectivity index is 1.45. The maximum atomic E-state index is 12.4. The van der Waals surface area contributed by atoms with Gasteiger partial charge in [-0.3, -0.25) is 4.79 Å². The number of hydrogen-bond donors (Lipinski definition) is 1. The second kappa shape index (κ2) is 9.33. The molecule has 0 saturated carbocycles. The zero-order valence-corrected chi connectivity index (χ0v) is 16.4. The van der Waals surface area contributed by atoms with E-state index in [1.54, 1.807) is 0 Å². The summed E-state index contributed by atoms with van der Waals surface area (Å²) in [5.74, 6) is 0.142. The normalized spacial score (nSPS) is 20.3. The number of nitrogens with zero attached hydrogens (tertiary/aromatic N) is 2. The van der Waals surface area contributed by atoms with Crippen LogP contribution in [0.4, 0.5) is 5.69 Å². The Bertz CT molecular complexity index is 606. The van der Waals surface area contributed by atoms with E-state index in [1.165, 1.54) is 18.4 Å². The van der Waals surface area contributed by atoms with Crippen molar-refractivity contribution in [2.24, 2.45) is 0 Å². The fraction of sp³-hybridized carbons (Fsp3) is 0.600. The van der Waals surface area contributed by atoms with E-state index in [0.29, 0.717) is 19.7 Å². The number of amides is 1. The predicted octanol–water partition coefficient (Wildman–Crippen LogP) is 3.05. The van der Waals surface area contributed by atoms with Gasteiger partial charge in [0.05, 0.1) is 0 Å². The topological polar surface area (TPSA) is 44.8 Å². The van der Waals surface area contributed by atoms with Crippen LogP contribution in [0.3, 0.4) is 0 Å². The Morgan fingerprint density at radius 1 is 1.19 bits per heavy atom. The Morgan fingerprint density at radius 2 is 1.88 bits per heavy atom. The minimum atomic E-state index is -0.224. The monoisotopic (exact) mass is 375 g/mol. The molecule has 0 radical (unpaired) electrons. The lowest BCUT2D eigenvalue weighted by Crippen LogP contribution is -2.53. The minimum absolute atomic E-state index is 0.142. The number of aryl methyl sites for hydroxylation is 1. The van der Waals surface area contributed by atoms with Gasteiger partial charge in [0.2, 0.25) is 0 Å². The summed E-state index contributed by atoms with van der Waals surface area (Å²) in [4.78, 5) is 16.5. The number of unbranched alkanes of at least 4 members (excludes halogenated alkanes) is 1. The zero-order chi connectivity index (χ0) is 18.4. The number of carbonyl (C=O) groups is 1. The average Bonchev–Trinajstić information content (AvgIpc) is 3.22. The van der Waals surface area contributed by atoms with E-state index in [0.717, 1.165) is 43.2 Å². The summed E-state index contributed by atoms with van der Waals surface area (Å²) in [5, 5.41) is 4.06. The Kier molecular flexibility index (Phi) is 6.86. The largest absolute Gasteiger partial charge is 0.368 e. The maximum Gasteiger partial charge on any atom is 0.251 e. The van der Waals surface area contributed by atoms with Crippen LogP contribution in [0.25, 0.3) is 0 Å². The number of ether oxygens (including phenoxy) is 1. The molecule has 26 heavy (non-hydrogen) atoms. The number of hydrogen-bond acceptors (Lipinski definition) is 3. The lowest BCUT2D eigenvalue weighted by molar-refractivity contribution is -0.142. The van der Waals surface area contributed by atoms with Gasteiger partial charge in [-0.15, -0.1) is 0 Å². The summed E-state index contributed by atoms with van der Waals surface area (Å²) >= 11 is 5.56. The van der Waals surface area contributed by atoms with Gasteiger partial charge >= 0.3 is 0 Å². The number of benzene rings is 1. The molecule has 0 spiro atoms. The number of carbonyl (C=O) groups excluding carboxylic acids is 1. The maximum absolute atomic E-state index is 12.4. The third kappa shape index (κ3) is 4.95. The van der Waals surface area contributed by atoms with Crippen molar-refractivity contribution in [3.63, 3.8) is 0 Å². The molecule has 1 amide bonds. The first-order valence-corrected chi connectivity index (χ1v) is 10.1. The second-order valence-electron chi connectivity index (χ2n) is 7.04. The summed E-state index contributed by atoms with van der Waals surface area (Å²) in [6.45, 7) is 5.86. The van der Waals surface area contributed by atoms with Gasteiger partial charge in [0, 0.05) is 38.5 Å². The summed E-state index contributed by atoms with van der Waals surface area (Å²) in [7, 11) is 0. The molecule has 0 aromatic heterocycles. The molecule has 142 valence electrons. The number of piperazine rings is 1. The van der Waals surface area contributed by atoms with Crippen LogP contribution in [0.15, 0.2) is 24.3 Å². The molecule has 5 nitrogen and oxygen atoms in total. The first-order chi connectivity index (χ1) is 12.7. The molecule has 2 fully saturated rings. The van der Waals surface area contributed by atoms with E-state index in [-0.39, 0.29) is 12.0 Å². The van der Waals surface area contributed by atoms with Gasteiger partial charge < -0.3 is 19.9 Å². The van der Waals surface area contributed by atoms with Crippen molar-refractivity contribution in [1.82, 2.24) is 9.80 Å². The molecule has 2 aliphatic rings. The highest BCUT2D eigenvalue weighted by Gasteiger charge is 2.30. The third-order valence-electron chi connectivity index (χ3n) is 5.11. The standard InChI is InChI=1S/C20H29N3O2S/c1-2-3-5-16-7-9-17(10-8-16)21-20(26)23-13-11-22(12-14-23)19(24)18-6-4-15-25-18/h7-10,18H,2-6,11-15H2,1H3,(H,21,26). The number of nitrogens with one attached hydrogen (secondary N) is 1. The van der Waals surface area contributed by atoms with Crippen molar-refractivity contribution < 1.29 is 9.53 Å². The molecule has 2 aliphatic heterocycles. The van der Waals surface area contributed by atoms with Gasteiger partial charge in [0.25, 0.3) is 5.91 Å². The Labute approximate surface area is 161 Å². The number of anilines is 1. The molecule has 6 heteroatoms. The van der Waals surface area contributed by atoms with Crippen LogP contribution in [-0.2, 0) is 16.0 Å². The highest BCUT2D eigenvalue weighted by molar-refractivity contribution is 7.80. The van der Waals surface area contributed by atoms with E-state index < -0.39 is 0 Å². The van der Waals surface area contributed by atoms with Gasteiger partial charge in [-0.1, -0.05) is 25.5 Å². The highest BCUT2D eigenvalue weighted by Crippen LogP contribution is 2.17. The van der Waals surface area contributed by atoms with Crippen LogP contribution in [-0.4, -0.2) is 59.7 Å². The molecule has 1 atom stereocenters. The quantitative estimate of drug-likeness (QED) is 0.802. The van der Waals surface area contributed by atoms with E-state index in [2.05, 4.69) is 41.4 Å². The lowest BCUT2D eigenvalue weighted by Gasteiger charge is -2.37. The van der Waals surface area contributed by atoms with Crippen LogP contribution >= 0.6 is 12.2 Å². The van der Waals surface area contributed by atoms with Gasteiger partial charge in [-0.05, 0) is 55.6 Å². The van der Waals surface area contributed by atoms with Crippen molar-refractivity contribution in [3.8, 4) is 0 Å². The first-order valence-electron chi connectivity index (χ1n) is 9.72. The van der Waals surface area contributed by atoms with Crippen molar-refractivity contribution in [2.45, 2.75) is 45.1 Å². The van der Waals surface area contributed by atoms with Crippen LogP contribution < -0.4 is 5.32 Å². The predicted molar refractivity (Wildman–Crippen MR) is 108 cm³/mol. The van der Waals surface area contributed by atoms with Crippen LogP contribution in [0.2, 0.25) is 0 Å². The van der Waals surface area contributed by atoms with Crippen molar-refractivity contribution in [2.75, 3.05) is 38.1 Å². The van der Waals surface area contributed by atoms with Crippen LogP contribution in [0.5, 0.6) is 0 Å². The SMILES string of the molecule is CCCCc1ccc(NC(=S)N2CCN(C(=O)C3CCCO3)CC2)cc1. The van der Waals surface area contributed by atoms with Gasteiger partial charge in [-0.25, -0.2) is 0 Å². The van der Waals surface area contributed by atoms with E-state index in [9.17, 15) is 4.79 Å². The molecule has 3 rings (SSSR count). The summed E-state index contributed by atoms with van der Waals surface area (Å²) in [5.41, 5.74) is 2.39. The van der Waals surface area contributed by atoms with Crippen LogP contribution in [0, 0.1) is 0 Å². The third-order valence-corrected chi connectivity index (χ3v) is 5.47. The molecular formula is C20H29N3O2S. The Morgan fingerprint density at radius 3 is 2.50 bits per heavy atom. The summed E-state index contributed by atoms with van der Waals surface area (Å²) in [6, 6.07) is 8.51. The van der Waals surface area contributed by atoms with Gasteiger partial charge in [0.15, 0.2) is 5.11 Å². The van der Waals surface area contributed by atoms with E-state index in [4.69, 9.17) is 17.0 Å². The molecule has 0 aliphatic carbocycles. The number of thiocarbonyl (C=S) groups is 1. The smallest absolute Gasteiger partial charge is 0.251 e. The molecule has 1 aromatic carbocycles. The molecule has 2 saturated heterocycles. The molecule has 1 unspecified atom stereocenters. The van der Waals surface area contributed by atoms with E-state index >= 15 is 0 Å². The van der Waals surface area contributed by atoms with Gasteiger partial charge in [0.1, 0.15) is 6.10 Å². The van der Waals surface area contributed by atoms with E-state index in [1.807, 2.05) is 4.90 Å². The summed E-state index contributed by atoms with van der Waals surface area (Å²) in [6.07, 6.45) is 5.18. The summed E-state index contributed by atoms with van der Waals surface area (Å²) < 4.78 is 5.51. The molecule has 1 aromatic rings. The van der Waals surface area contributed by atoms with Gasteiger partial charge in [-0.2, -0.15) is 0 Å². The average molecular weight is 376 g/mol. The lowest BCUT2D eigenvalue weighted by atomic mass is 10.1. The minimum Gasteiger partial charge on any atom is -0.368 e. The second-order valence-corrected chi connectivity index (χ2v) is 7.43. The number of rotatable bonds is 5. The fourth-order valence-corrected chi connectivity index (χ4v) is 3.74. The fourth-order valence-electron chi connectivity index (χ4n) is 3.44. The van der Waals surface area contributed by atoms with Crippen molar-refractivity contribution >= 4 is 28.9 Å².